The molecule has 0 saturated heterocycles. The number of hydrogen-bond donors (Lipinski definition) is 0. The number of hydrogen-bond acceptors (Lipinski definition) is 4. The summed E-state index contributed by atoms with van der Waals surface area (Å²) in [6.45, 7) is 28.1. The van der Waals surface area contributed by atoms with Gasteiger partial charge in [0.15, 0.2) is 0 Å². The van der Waals surface area contributed by atoms with Gasteiger partial charge in [0.25, 0.3) is 0 Å². The molecule has 1 aliphatic rings. The topological polar surface area (TPSA) is 33.5 Å². The standard InChI is InChI=1S/C70H67N4O.Pt/c1-67(2,3)49-36-37-71-64(42-49)74-60-31-20-19-28-54(60)55-35-34-52(44-63(55)74)75-53-39-48(65-58(69(7,8)9)29-23-30-59(65)70(10,11)12)38-51(43-53)72-45-73(62-33-22-21-32-61(62)72)66-56(46-24-15-13-16-25-46)40-50(68(4,5)6)41-57(66)47-26-17-14-18-27-47;/h13-42,45H,1-12H3;/q-3;/i19D,20D,28D,31D,40D,41D;. The molecule has 8 aromatic carbocycles. The van der Waals surface area contributed by atoms with Gasteiger partial charge in [0.2, 0.25) is 0 Å². The third kappa shape index (κ3) is 9.80. The van der Waals surface area contributed by atoms with Gasteiger partial charge in [0.05, 0.1) is 8.22 Å². The molecule has 0 N–H and O–H groups in total. The van der Waals surface area contributed by atoms with Crippen LogP contribution in [0.5, 0.6) is 11.5 Å². The first-order chi connectivity index (χ1) is 38.2. The van der Waals surface area contributed by atoms with E-state index in [1.54, 1.807) is 16.8 Å². The third-order valence-corrected chi connectivity index (χ3v) is 14.1. The second-order valence-corrected chi connectivity index (χ2v) is 23.8. The molecule has 6 heteroatoms. The molecule has 3 heterocycles. The summed E-state index contributed by atoms with van der Waals surface area (Å²) in [4.78, 5) is 9.08. The average Bonchev–Trinajstić information content (AvgIpc) is 4.21. The Kier molecular flexibility index (Phi) is 11.7. The second-order valence-electron chi connectivity index (χ2n) is 23.8. The summed E-state index contributed by atoms with van der Waals surface area (Å²) >= 11 is 0. The van der Waals surface area contributed by atoms with Crippen molar-refractivity contribution < 1.29 is 34.0 Å². The van der Waals surface area contributed by atoms with Gasteiger partial charge < -0.3 is 19.1 Å². The summed E-state index contributed by atoms with van der Waals surface area (Å²) in [6.07, 6.45) is 1.74. The number of aromatic nitrogens is 2. The Labute approximate surface area is 473 Å². The number of rotatable bonds is 8. The Balaban J connectivity index is 0.00000753. The number of nitrogens with zero attached hydrogens (tertiary/aromatic N) is 4. The van der Waals surface area contributed by atoms with Gasteiger partial charge in [-0.05, 0) is 108 Å². The van der Waals surface area contributed by atoms with Gasteiger partial charge in [-0.2, -0.15) is 6.07 Å². The maximum absolute atomic E-state index is 10.1. The van der Waals surface area contributed by atoms with Crippen molar-refractivity contribution in [3.05, 3.63) is 223 Å². The van der Waals surface area contributed by atoms with E-state index in [0.717, 1.165) is 61.4 Å². The van der Waals surface area contributed by atoms with Crippen molar-refractivity contribution in [3.8, 4) is 50.7 Å². The molecule has 0 fully saturated rings. The Bertz CT molecular complexity index is 4030. The molecule has 0 saturated carbocycles. The van der Waals surface area contributed by atoms with Gasteiger partial charge in [-0.15, -0.1) is 53.6 Å². The normalized spacial score (nSPS) is 14.2. The smallest absolute Gasteiger partial charge is 0.135 e. The van der Waals surface area contributed by atoms with Crippen molar-refractivity contribution in [3.63, 3.8) is 0 Å². The van der Waals surface area contributed by atoms with E-state index in [9.17, 15) is 5.48 Å². The summed E-state index contributed by atoms with van der Waals surface area (Å²) in [6, 6.07) is 53.6. The number of ether oxygens (including phenoxy) is 1. The zero-order valence-electron chi connectivity index (χ0n) is 51.4. The van der Waals surface area contributed by atoms with Crippen LogP contribution < -0.4 is 14.5 Å². The molecular formula is C70H67N4OPt-3. The van der Waals surface area contributed by atoms with Crippen molar-refractivity contribution in [1.29, 1.82) is 0 Å². The third-order valence-electron chi connectivity index (χ3n) is 14.1. The number of pyridine rings is 1. The van der Waals surface area contributed by atoms with Crippen LogP contribution in [0.25, 0.3) is 61.0 Å². The zero-order valence-corrected chi connectivity index (χ0v) is 47.7. The van der Waals surface area contributed by atoms with E-state index >= 15 is 0 Å². The molecule has 76 heavy (non-hydrogen) atoms. The van der Waals surface area contributed by atoms with Crippen molar-refractivity contribution in [2.24, 2.45) is 0 Å². The van der Waals surface area contributed by atoms with Crippen LogP contribution in [-0.4, -0.2) is 9.55 Å². The fraction of sp³-hybridized carbons (Fsp3) is 0.229. The van der Waals surface area contributed by atoms with Crippen LogP contribution in [0.15, 0.2) is 182 Å². The number of benzene rings is 8. The molecule has 5 nitrogen and oxygen atoms in total. The molecule has 386 valence electrons. The molecule has 0 spiro atoms. The molecule has 1 aliphatic heterocycles. The Hall–Kier alpha value is -7.20. The first kappa shape index (κ1) is 45.0. The van der Waals surface area contributed by atoms with Crippen LogP contribution in [0.1, 0.15) is 114 Å². The van der Waals surface area contributed by atoms with E-state index in [4.69, 9.17) is 12.5 Å². The quantitative estimate of drug-likeness (QED) is 0.142. The first-order valence-corrected chi connectivity index (χ1v) is 25.9. The van der Waals surface area contributed by atoms with Crippen LogP contribution in [-0.2, 0) is 42.7 Å². The molecule has 0 unspecified atom stereocenters. The van der Waals surface area contributed by atoms with Crippen molar-refractivity contribution in [2.75, 3.05) is 9.80 Å². The van der Waals surface area contributed by atoms with Gasteiger partial charge in [0.1, 0.15) is 5.82 Å². The van der Waals surface area contributed by atoms with Crippen LogP contribution in [0.4, 0.5) is 22.7 Å². The monoisotopic (exact) mass is 1180 g/mol. The van der Waals surface area contributed by atoms with E-state index in [0.29, 0.717) is 68.1 Å². The van der Waals surface area contributed by atoms with E-state index in [1.165, 1.54) is 0 Å². The molecule has 0 aliphatic carbocycles. The van der Waals surface area contributed by atoms with Crippen molar-refractivity contribution >= 4 is 44.6 Å². The Morgan fingerprint density at radius 1 is 0.526 bits per heavy atom. The molecule has 11 rings (SSSR count). The van der Waals surface area contributed by atoms with E-state index in [1.807, 2.05) is 97.1 Å². The molecule has 0 bridgehead atoms. The number of anilines is 4. The largest absolute Gasteiger partial charge is 0.509 e. The van der Waals surface area contributed by atoms with Crippen LogP contribution in [0.2, 0.25) is 0 Å². The fourth-order valence-corrected chi connectivity index (χ4v) is 10.3. The Morgan fingerprint density at radius 3 is 1.70 bits per heavy atom. The van der Waals surface area contributed by atoms with Gasteiger partial charge >= 0.3 is 0 Å². The number of para-hydroxylation sites is 3. The summed E-state index contributed by atoms with van der Waals surface area (Å²) in [5.41, 5.74) is 11.7. The van der Waals surface area contributed by atoms with Crippen LogP contribution >= 0.6 is 0 Å². The van der Waals surface area contributed by atoms with Gasteiger partial charge in [-0.3, -0.25) is 0 Å². The Morgan fingerprint density at radius 2 is 1.11 bits per heavy atom. The predicted molar refractivity (Wildman–Crippen MR) is 315 cm³/mol. The maximum Gasteiger partial charge on any atom is 0.135 e. The van der Waals surface area contributed by atoms with Crippen molar-refractivity contribution in [1.82, 2.24) is 9.55 Å². The van der Waals surface area contributed by atoms with E-state index in [2.05, 4.69) is 148 Å². The molecule has 2 aromatic heterocycles. The first-order valence-electron chi connectivity index (χ1n) is 28.9. The summed E-state index contributed by atoms with van der Waals surface area (Å²) in [5.74, 6) is 1.23. The molecular weight excluding hydrogens is 1110 g/mol. The van der Waals surface area contributed by atoms with E-state index < -0.39 is 5.41 Å². The molecule has 10 aromatic rings. The summed E-state index contributed by atoms with van der Waals surface area (Å²) in [7, 11) is 0. The minimum Gasteiger partial charge on any atom is -0.509 e. The molecule has 0 atom stereocenters. The van der Waals surface area contributed by atoms with Crippen molar-refractivity contribution in [2.45, 2.75) is 105 Å². The molecule has 0 amide bonds. The predicted octanol–water partition coefficient (Wildman–Crippen LogP) is 19.2. The second kappa shape index (κ2) is 19.7. The van der Waals surface area contributed by atoms with E-state index in [-0.39, 0.29) is 61.5 Å². The zero-order chi connectivity index (χ0) is 57.8. The number of fused-ring (bicyclic) bond motifs is 4. The van der Waals surface area contributed by atoms with Gasteiger partial charge in [0, 0.05) is 72.5 Å². The van der Waals surface area contributed by atoms with Gasteiger partial charge in [-0.25, -0.2) is 4.98 Å². The SMILES string of the molecule is [2H]c1c(-c2ccccc2)c(N2[CH-]N(c3[c-]c(Oc4[c-]c5c(cc4)c4c([2H])c([2H])c([2H])c([2H])c4n5-c4cc(C(C)(C)C)ccn4)cc(-c4c(C(C)(C)C)cccc4C(C)(C)C)c3)c3ccccc32)c(-c2ccccc2)c([2H])c1C(C)(C)C.[Pt]. The van der Waals surface area contributed by atoms with Crippen LogP contribution in [0, 0.1) is 18.8 Å². The average molecular weight is 1180 g/mol. The van der Waals surface area contributed by atoms with Crippen LogP contribution in [0.3, 0.4) is 0 Å². The minimum absolute atomic E-state index is 0. The summed E-state index contributed by atoms with van der Waals surface area (Å²) < 4.78 is 65.0. The van der Waals surface area contributed by atoms with Gasteiger partial charge in [-0.1, -0.05) is 198 Å². The maximum atomic E-state index is 10.1. The fourth-order valence-electron chi connectivity index (χ4n) is 10.3. The summed E-state index contributed by atoms with van der Waals surface area (Å²) in [5, 5.41) is 0.947. The molecule has 0 radical (unpaired) electrons. The minimum atomic E-state index is -0.529.